The molecule has 0 aliphatic rings. The Hall–Kier alpha value is -1.81. The minimum atomic E-state index is -0.458. The second-order valence-corrected chi connectivity index (χ2v) is 3.77. The molecule has 0 unspecified atom stereocenters. The van der Waals surface area contributed by atoms with Gasteiger partial charge in [-0.05, 0) is 13.0 Å². The van der Waals surface area contributed by atoms with Gasteiger partial charge in [0.2, 0.25) is 0 Å². The quantitative estimate of drug-likeness (QED) is 0.489. The van der Waals surface area contributed by atoms with Crippen molar-refractivity contribution in [2.24, 2.45) is 7.05 Å². The molecule has 1 heterocycles. The third-order valence-electron chi connectivity index (χ3n) is 2.68. The molecular weight excluding hydrogens is 218 g/mol. The standard InChI is InChI=1S/C13H17NO3/c1-9(13(16)17-4)5-6-12-10(2)14(3)7-11(12)8-15/h5-7,15H,1,8H2,2-4H3/b6-5-. The number of carbonyl (C=O) groups excluding carboxylic acids is 1. The van der Waals surface area contributed by atoms with Crippen molar-refractivity contribution in [3.63, 3.8) is 0 Å². The van der Waals surface area contributed by atoms with Gasteiger partial charge >= 0.3 is 5.97 Å². The second kappa shape index (κ2) is 5.50. The molecule has 0 aliphatic carbocycles. The number of esters is 1. The van der Waals surface area contributed by atoms with Crippen molar-refractivity contribution < 1.29 is 14.6 Å². The number of aryl methyl sites for hydroxylation is 1. The molecule has 1 N–H and O–H groups in total. The van der Waals surface area contributed by atoms with Gasteiger partial charge in [-0.2, -0.15) is 0 Å². The molecular formula is C13H17NO3. The number of hydrogen-bond acceptors (Lipinski definition) is 3. The maximum Gasteiger partial charge on any atom is 0.337 e. The van der Waals surface area contributed by atoms with Crippen molar-refractivity contribution >= 4 is 12.0 Å². The van der Waals surface area contributed by atoms with E-state index in [0.29, 0.717) is 0 Å². The van der Waals surface area contributed by atoms with Crippen LogP contribution >= 0.6 is 0 Å². The maximum atomic E-state index is 11.2. The Balaban J connectivity index is 2.99. The molecule has 0 aromatic carbocycles. The number of hydrogen-bond donors (Lipinski definition) is 1. The van der Waals surface area contributed by atoms with Crippen LogP contribution in [0.15, 0.2) is 24.4 Å². The highest BCUT2D eigenvalue weighted by Gasteiger charge is 2.08. The molecule has 1 aromatic heterocycles. The monoisotopic (exact) mass is 235 g/mol. The summed E-state index contributed by atoms with van der Waals surface area (Å²) < 4.78 is 6.47. The number of methoxy groups -OCH3 is 1. The lowest BCUT2D eigenvalue weighted by Gasteiger charge is -1.99. The summed E-state index contributed by atoms with van der Waals surface area (Å²) in [6, 6.07) is 0. The molecule has 0 saturated heterocycles. The van der Waals surface area contributed by atoms with Crippen LogP contribution in [-0.2, 0) is 23.2 Å². The molecule has 0 spiro atoms. The van der Waals surface area contributed by atoms with E-state index in [2.05, 4.69) is 11.3 Å². The Morgan fingerprint density at radius 2 is 2.29 bits per heavy atom. The number of aliphatic hydroxyl groups is 1. The number of nitrogens with zero attached hydrogens (tertiary/aromatic N) is 1. The highest BCUT2D eigenvalue weighted by molar-refractivity contribution is 5.92. The van der Waals surface area contributed by atoms with E-state index in [1.807, 2.05) is 24.7 Å². The number of rotatable bonds is 4. The van der Waals surface area contributed by atoms with Gasteiger partial charge in [-0.15, -0.1) is 0 Å². The average Bonchev–Trinajstić information content (AvgIpc) is 2.61. The van der Waals surface area contributed by atoms with Gasteiger partial charge in [-0.3, -0.25) is 0 Å². The number of aromatic nitrogens is 1. The molecule has 0 radical (unpaired) electrons. The third-order valence-corrected chi connectivity index (χ3v) is 2.68. The molecule has 4 nitrogen and oxygen atoms in total. The van der Waals surface area contributed by atoms with Crippen molar-refractivity contribution in [3.05, 3.63) is 41.2 Å². The summed E-state index contributed by atoms with van der Waals surface area (Å²) in [7, 11) is 3.22. The first-order valence-electron chi connectivity index (χ1n) is 5.22. The Morgan fingerprint density at radius 1 is 1.65 bits per heavy atom. The molecule has 1 rings (SSSR count). The van der Waals surface area contributed by atoms with Crippen molar-refractivity contribution in [1.29, 1.82) is 0 Å². The van der Waals surface area contributed by atoms with Gasteiger partial charge in [0.1, 0.15) is 0 Å². The molecule has 0 amide bonds. The molecule has 0 saturated carbocycles. The fourth-order valence-corrected chi connectivity index (χ4v) is 1.56. The number of aliphatic hydroxyl groups excluding tert-OH is 1. The number of ether oxygens (including phenoxy) is 1. The maximum absolute atomic E-state index is 11.2. The predicted octanol–water partition coefficient (Wildman–Crippen LogP) is 1.57. The van der Waals surface area contributed by atoms with Gasteiger partial charge in [0.05, 0.1) is 19.3 Å². The van der Waals surface area contributed by atoms with Gasteiger partial charge in [-0.25, -0.2) is 4.79 Å². The zero-order chi connectivity index (χ0) is 13.0. The van der Waals surface area contributed by atoms with Crippen molar-refractivity contribution in [2.45, 2.75) is 13.5 Å². The highest BCUT2D eigenvalue weighted by Crippen LogP contribution is 2.18. The summed E-state index contributed by atoms with van der Waals surface area (Å²) >= 11 is 0. The number of carbonyl (C=O) groups is 1. The van der Waals surface area contributed by atoms with E-state index in [1.54, 1.807) is 12.2 Å². The first-order chi connectivity index (χ1) is 8.01. The fraction of sp³-hybridized carbons (Fsp3) is 0.308. The topological polar surface area (TPSA) is 51.5 Å². The summed E-state index contributed by atoms with van der Waals surface area (Å²) in [5.41, 5.74) is 3.02. The zero-order valence-corrected chi connectivity index (χ0v) is 10.4. The van der Waals surface area contributed by atoms with E-state index in [1.165, 1.54) is 7.11 Å². The van der Waals surface area contributed by atoms with Gasteiger partial charge in [0.15, 0.2) is 0 Å². The van der Waals surface area contributed by atoms with Crippen molar-refractivity contribution in [2.75, 3.05) is 7.11 Å². The lowest BCUT2D eigenvalue weighted by molar-refractivity contribution is -0.135. The summed E-state index contributed by atoms with van der Waals surface area (Å²) in [5.74, 6) is -0.458. The Morgan fingerprint density at radius 3 is 2.82 bits per heavy atom. The average molecular weight is 235 g/mol. The Kier molecular flexibility index (Phi) is 4.29. The largest absolute Gasteiger partial charge is 0.465 e. The van der Waals surface area contributed by atoms with Crippen LogP contribution in [-0.4, -0.2) is 22.8 Å². The van der Waals surface area contributed by atoms with E-state index >= 15 is 0 Å². The third kappa shape index (κ3) is 2.85. The summed E-state index contributed by atoms with van der Waals surface area (Å²) in [5, 5.41) is 9.22. The fourth-order valence-electron chi connectivity index (χ4n) is 1.56. The first kappa shape index (κ1) is 13.3. The van der Waals surface area contributed by atoms with Gasteiger partial charge in [-0.1, -0.05) is 12.7 Å². The van der Waals surface area contributed by atoms with Gasteiger partial charge in [0, 0.05) is 30.1 Å². The van der Waals surface area contributed by atoms with E-state index in [0.717, 1.165) is 16.8 Å². The van der Waals surface area contributed by atoms with E-state index in [9.17, 15) is 9.90 Å². The van der Waals surface area contributed by atoms with Gasteiger partial charge < -0.3 is 14.4 Å². The van der Waals surface area contributed by atoms with Crippen LogP contribution in [0.25, 0.3) is 6.08 Å². The SMILES string of the molecule is C=C(/C=C\c1c(CO)cn(C)c1C)C(=O)OC. The van der Waals surface area contributed by atoms with E-state index in [-0.39, 0.29) is 12.2 Å². The highest BCUT2D eigenvalue weighted by atomic mass is 16.5. The Labute approximate surface area is 101 Å². The summed E-state index contributed by atoms with van der Waals surface area (Å²) in [6.07, 6.45) is 5.21. The molecule has 0 bridgehead atoms. The predicted molar refractivity (Wildman–Crippen MR) is 66.3 cm³/mol. The molecule has 0 atom stereocenters. The van der Waals surface area contributed by atoms with Crippen LogP contribution in [0.4, 0.5) is 0 Å². The van der Waals surface area contributed by atoms with Gasteiger partial charge in [0.25, 0.3) is 0 Å². The second-order valence-electron chi connectivity index (χ2n) is 3.77. The lowest BCUT2D eigenvalue weighted by Crippen LogP contribution is -2.00. The minimum Gasteiger partial charge on any atom is -0.465 e. The molecule has 17 heavy (non-hydrogen) atoms. The minimum absolute atomic E-state index is 0.0357. The molecule has 0 aliphatic heterocycles. The molecule has 0 fully saturated rings. The smallest absolute Gasteiger partial charge is 0.337 e. The van der Waals surface area contributed by atoms with Crippen LogP contribution in [0, 0.1) is 6.92 Å². The van der Waals surface area contributed by atoms with Crippen LogP contribution in [0.5, 0.6) is 0 Å². The van der Waals surface area contributed by atoms with E-state index in [4.69, 9.17) is 0 Å². The molecule has 92 valence electrons. The van der Waals surface area contributed by atoms with Crippen LogP contribution in [0.1, 0.15) is 16.8 Å². The van der Waals surface area contributed by atoms with E-state index < -0.39 is 5.97 Å². The lowest BCUT2D eigenvalue weighted by atomic mass is 10.1. The first-order valence-corrected chi connectivity index (χ1v) is 5.22. The summed E-state index contributed by atoms with van der Waals surface area (Å²) in [6.45, 7) is 5.51. The Bertz CT molecular complexity index is 469. The van der Waals surface area contributed by atoms with Crippen LogP contribution < -0.4 is 0 Å². The van der Waals surface area contributed by atoms with Crippen LogP contribution in [0.3, 0.4) is 0 Å². The molecule has 1 aromatic rings. The van der Waals surface area contributed by atoms with Crippen LogP contribution in [0.2, 0.25) is 0 Å². The summed E-state index contributed by atoms with van der Waals surface area (Å²) in [4.78, 5) is 11.2. The molecule has 4 heteroatoms. The van der Waals surface area contributed by atoms with Crippen molar-refractivity contribution in [3.8, 4) is 0 Å². The normalized spacial score (nSPS) is 10.8. The zero-order valence-electron chi connectivity index (χ0n) is 10.4. The van der Waals surface area contributed by atoms with Crippen molar-refractivity contribution in [1.82, 2.24) is 4.57 Å².